The van der Waals surface area contributed by atoms with Crippen LogP contribution in [-0.2, 0) is 4.79 Å². The van der Waals surface area contributed by atoms with E-state index in [1.165, 1.54) is 0 Å². The van der Waals surface area contributed by atoms with Gasteiger partial charge in [-0.3, -0.25) is 0 Å². The molecule has 56 valence electrons. The summed E-state index contributed by atoms with van der Waals surface area (Å²) in [6, 6.07) is -0.440. The second kappa shape index (κ2) is 6.23. The number of hydrogen-bond donors (Lipinski definition) is 1. The minimum atomic E-state index is -0.440. The van der Waals surface area contributed by atoms with Gasteiger partial charge in [0.15, 0.2) is 0 Å². The second-order valence-electron chi connectivity index (χ2n) is 1.95. The minimum Gasteiger partial charge on any atom is -0.319 e. The van der Waals surface area contributed by atoms with Gasteiger partial charge in [-0.15, -0.1) is 0 Å². The number of carbonyl (C=O) groups excluding carboxylic acids is 1. The highest BCUT2D eigenvalue weighted by molar-refractivity contribution is 5.60. The van der Waals surface area contributed by atoms with Crippen LogP contribution in [0.3, 0.4) is 0 Å². The zero-order valence-electron chi connectivity index (χ0n) is 6.16. The predicted octanol–water partition coefficient (Wildman–Crippen LogP) is 1.03. The Morgan fingerprint density at radius 1 is 1.50 bits per heavy atom. The summed E-state index contributed by atoms with van der Waals surface area (Å²) in [5.41, 5.74) is 5.28. The van der Waals surface area contributed by atoms with Gasteiger partial charge in [0, 0.05) is 0 Å². The molecule has 1 atom stereocenters. The molecule has 0 bridgehead atoms. The van der Waals surface area contributed by atoms with Crippen LogP contribution in [0.25, 0.3) is 0 Å². The van der Waals surface area contributed by atoms with E-state index in [1.54, 1.807) is 6.08 Å². The summed E-state index contributed by atoms with van der Waals surface area (Å²) in [6.45, 7) is 1.95. The molecule has 2 N–H and O–H groups in total. The van der Waals surface area contributed by atoms with E-state index < -0.39 is 6.04 Å². The van der Waals surface area contributed by atoms with E-state index in [0.717, 1.165) is 6.42 Å². The van der Waals surface area contributed by atoms with Crippen molar-refractivity contribution in [2.24, 2.45) is 5.73 Å². The van der Waals surface area contributed by atoms with Crippen molar-refractivity contribution in [3.8, 4) is 0 Å². The van der Waals surface area contributed by atoms with Crippen LogP contribution in [0.15, 0.2) is 24.3 Å². The van der Waals surface area contributed by atoms with Gasteiger partial charge in [-0.1, -0.05) is 24.3 Å². The summed E-state index contributed by atoms with van der Waals surface area (Å²) in [7, 11) is 0. The smallest absolute Gasteiger partial charge is 0.140 e. The van der Waals surface area contributed by atoms with Crippen LogP contribution in [0.4, 0.5) is 0 Å². The van der Waals surface area contributed by atoms with Gasteiger partial charge in [0.05, 0.1) is 6.04 Å². The first kappa shape index (κ1) is 9.11. The van der Waals surface area contributed by atoms with Crippen molar-refractivity contribution < 1.29 is 4.79 Å². The Bertz CT molecular complexity index is 138. The summed E-state index contributed by atoms with van der Waals surface area (Å²) in [6.07, 6.45) is 9.07. The van der Waals surface area contributed by atoms with E-state index in [1.807, 2.05) is 25.2 Å². The molecule has 10 heavy (non-hydrogen) atoms. The van der Waals surface area contributed by atoms with E-state index >= 15 is 0 Å². The first-order valence-corrected chi connectivity index (χ1v) is 3.30. The second-order valence-corrected chi connectivity index (χ2v) is 1.95. The highest BCUT2D eigenvalue weighted by Crippen LogP contribution is 1.86. The zero-order valence-corrected chi connectivity index (χ0v) is 6.16. The van der Waals surface area contributed by atoms with Crippen LogP contribution in [0.2, 0.25) is 0 Å². The maximum absolute atomic E-state index is 9.97. The molecule has 0 aliphatic heterocycles. The quantitative estimate of drug-likeness (QED) is 0.467. The molecule has 0 aromatic rings. The topological polar surface area (TPSA) is 43.1 Å². The van der Waals surface area contributed by atoms with Gasteiger partial charge in [-0.25, -0.2) is 0 Å². The van der Waals surface area contributed by atoms with Crippen molar-refractivity contribution >= 4 is 6.29 Å². The standard InChI is InChI=1S/C8H13NO/c1-2-3-4-5-6-8(9)7-10/h2-3,5-8H,4,9H2,1H3. The molecule has 0 heterocycles. The summed E-state index contributed by atoms with van der Waals surface area (Å²) in [5.74, 6) is 0. The Kier molecular flexibility index (Phi) is 5.68. The summed E-state index contributed by atoms with van der Waals surface area (Å²) in [5, 5.41) is 0. The van der Waals surface area contributed by atoms with Crippen molar-refractivity contribution in [2.75, 3.05) is 0 Å². The molecule has 0 aliphatic carbocycles. The van der Waals surface area contributed by atoms with Gasteiger partial charge in [0.2, 0.25) is 0 Å². The van der Waals surface area contributed by atoms with Gasteiger partial charge >= 0.3 is 0 Å². The maximum Gasteiger partial charge on any atom is 0.140 e. The molecular formula is C8H13NO. The van der Waals surface area contributed by atoms with E-state index in [9.17, 15) is 4.79 Å². The summed E-state index contributed by atoms with van der Waals surface area (Å²) in [4.78, 5) is 9.97. The number of carbonyl (C=O) groups is 1. The molecule has 0 spiro atoms. The maximum atomic E-state index is 9.97. The third-order valence-electron chi connectivity index (χ3n) is 1.02. The Morgan fingerprint density at radius 2 is 2.20 bits per heavy atom. The Morgan fingerprint density at radius 3 is 2.70 bits per heavy atom. The molecule has 0 aromatic heterocycles. The lowest BCUT2D eigenvalue weighted by atomic mass is 10.3. The predicted molar refractivity (Wildman–Crippen MR) is 42.6 cm³/mol. The summed E-state index contributed by atoms with van der Waals surface area (Å²) < 4.78 is 0. The van der Waals surface area contributed by atoms with Crippen LogP contribution < -0.4 is 5.73 Å². The molecule has 0 aliphatic rings. The van der Waals surface area contributed by atoms with Crippen molar-refractivity contribution in [1.29, 1.82) is 0 Å². The Labute approximate surface area is 61.4 Å². The highest BCUT2D eigenvalue weighted by atomic mass is 16.1. The monoisotopic (exact) mass is 139 g/mol. The molecule has 2 nitrogen and oxygen atoms in total. The van der Waals surface area contributed by atoms with E-state index in [2.05, 4.69) is 0 Å². The molecule has 0 fully saturated rings. The van der Waals surface area contributed by atoms with Crippen LogP contribution >= 0.6 is 0 Å². The highest BCUT2D eigenvalue weighted by Gasteiger charge is 1.87. The van der Waals surface area contributed by atoms with E-state index in [-0.39, 0.29) is 0 Å². The first-order valence-electron chi connectivity index (χ1n) is 3.30. The zero-order chi connectivity index (χ0) is 7.82. The SMILES string of the molecule is CC=CCC=CC(N)C=O. The van der Waals surface area contributed by atoms with Crippen molar-refractivity contribution in [1.82, 2.24) is 0 Å². The van der Waals surface area contributed by atoms with Crippen LogP contribution in [0.1, 0.15) is 13.3 Å². The molecule has 0 radical (unpaired) electrons. The normalized spacial score (nSPS) is 14.6. The fourth-order valence-electron chi connectivity index (χ4n) is 0.496. The van der Waals surface area contributed by atoms with Gasteiger partial charge in [-0.2, -0.15) is 0 Å². The largest absolute Gasteiger partial charge is 0.319 e. The van der Waals surface area contributed by atoms with Crippen LogP contribution in [0.5, 0.6) is 0 Å². The van der Waals surface area contributed by atoms with E-state index in [4.69, 9.17) is 5.73 Å². The van der Waals surface area contributed by atoms with Crippen LogP contribution in [-0.4, -0.2) is 12.3 Å². The third-order valence-corrected chi connectivity index (χ3v) is 1.02. The molecule has 0 saturated heterocycles. The van der Waals surface area contributed by atoms with Crippen molar-refractivity contribution in [3.63, 3.8) is 0 Å². The summed E-state index contributed by atoms with van der Waals surface area (Å²) >= 11 is 0. The van der Waals surface area contributed by atoms with Gasteiger partial charge in [-0.05, 0) is 13.3 Å². The number of nitrogens with two attached hydrogens (primary N) is 1. The lowest BCUT2D eigenvalue weighted by Crippen LogP contribution is -2.17. The average molecular weight is 139 g/mol. The van der Waals surface area contributed by atoms with Crippen LogP contribution in [0, 0.1) is 0 Å². The molecule has 0 amide bonds. The van der Waals surface area contributed by atoms with Gasteiger partial charge in [0.1, 0.15) is 6.29 Å². The van der Waals surface area contributed by atoms with Gasteiger partial charge < -0.3 is 10.5 Å². The average Bonchev–Trinajstić information content (AvgIpc) is 1.98. The fraction of sp³-hybridized carbons (Fsp3) is 0.375. The fourth-order valence-corrected chi connectivity index (χ4v) is 0.496. The van der Waals surface area contributed by atoms with Gasteiger partial charge in [0.25, 0.3) is 0 Å². The molecule has 1 unspecified atom stereocenters. The number of rotatable bonds is 4. The molecule has 0 saturated carbocycles. The number of allylic oxidation sites excluding steroid dienone is 3. The van der Waals surface area contributed by atoms with E-state index in [0.29, 0.717) is 6.29 Å². The first-order chi connectivity index (χ1) is 4.81. The lowest BCUT2D eigenvalue weighted by molar-refractivity contribution is -0.108. The molecule has 2 heteroatoms. The molecule has 0 aromatic carbocycles. The third kappa shape index (κ3) is 5.25. The number of aldehydes is 1. The molecular weight excluding hydrogens is 126 g/mol. The molecule has 0 rings (SSSR count). The Balaban J connectivity index is 3.44. The van der Waals surface area contributed by atoms with Crippen molar-refractivity contribution in [2.45, 2.75) is 19.4 Å². The minimum absolute atomic E-state index is 0.440. The number of hydrogen-bond acceptors (Lipinski definition) is 2. The van der Waals surface area contributed by atoms with Crippen molar-refractivity contribution in [3.05, 3.63) is 24.3 Å². The lowest BCUT2D eigenvalue weighted by Gasteiger charge is -1.90. The Hall–Kier alpha value is -0.890.